The number of ether oxygens (including phenoxy) is 2. The lowest BCUT2D eigenvalue weighted by atomic mass is 10.0. The van der Waals surface area contributed by atoms with E-state index in [0.29, 0.717) is 23.5 Å². The Hall–Kier alpha value is -3.34. The smallest absolute Gasteiger partial charge is 0.339 e. The lowest BCUT2D eigenvalue weighted by molar-refractivity contribution is 0.0693. The molecule has 132 valence electrons. The lowest BCUT2D eigenvalue weighted by Crippen LogP contribution is -2.00. The van der Waals surface area contributed by atoms with Crippen molar-refractivity contribution in [3.8, 4) is 22.6 Å². The van der Waals surface area contributed by atoms with Crippen LogP contribution in [0.15, 0.2) is 66.7 Å². The van der Waals surface area contributed by atoms with Crippen molar-refractivity contribution in [1.82, 2.24) is 0 Å². The molecule has 4 nitrogen and oxygen atoms in total. The van der Waals surface area contributed by atoms with Gasteiger partial charge in [0.15, 0.2) is 0 Å². The molecule has 3 aromatic rings. The maximum Gasteiger partial charge on any atom is 0.339 e. The first-order valence-electron chi connectivity index (χ1n) is 7.96. The van der Waals surface area contributed by atoms with E-state index < -0.39 is 11.8 Å². The van der Waals surface area contributed by atoms with Gasteiger partial charge in [-0.15, -0.1) is 0 Å². The highest BCUT2D eigenvalue weighted by atomic mass is 19.1. The molecule has 0 unspecified atom stereocenters. The number of rotatable bonds is 6. The van der Waals surface area contributed by atoms with Gasteiger partial charge in [-0.25, -0.2) is 9.18 Å². The minimum absolute atomic E-state index is 0.0493. The van der Waals surface area contributed by atoms with Crippen LogP contribution in [0.4, 0.5) is 4.39 Å². The first kappa shape index (κ1) is 17.5. The number of methoxy groups -OCH3 is 1. The molecular formula is C21H17FO4. The molecule has 1 N–H and O–H groups in total. The Labute approximate surface area is 150 Å². The number of hydrogen-bond donors (Lipinski definition) is 1. The first-order chi connectivity index (χ1) is 12.6. The molecule has 0 spiro atoms. The molecule has 0 aliphatic carbocycles. The Morgan fingerprint density at radius 3 is 2.46 bits per heavy atom. The molecule has 0 fully saturated rings. The molecule has 3 rings (SSSR count). The zero-order valence-corrected chi connectivity index (χ0v) is 14.1. The van der Waals surface area contributed by atoms with E-state index >= 15 is 0 Å². The predicted octanol–water partition coefficient (Wildman–Crippen LogP) is 4.78. The second kappa shape index (κ2) is 7.70. The van der Waals surface area contributed by atoms with Crippen LogP contribution in [0, 0.1) is 5.82 Å². The second-order valence-electron chi connectivity index (χ2n) is 5.67. The third kappa shape index (κ3) is 4.00. The minimum atomic E-state index is -1.08. The molecule has 0 bridgehead atoms. The second-order valence-corrected chi connectivity index (χ2v) is 5.67. The fourth-order valence-electron chi connectivity index (χ4n) is 2.60. The molecule has 26 heavy (non-hydrogen) atoms. The quantitative estimate of drug-likeness (QED) is 0.694. The molecule has 5 heteroatoms. The SMILES string of the molecule is COc1cc(-c2cc(F)cc(OCc3ccccc3)c2)ccc1C(=O)O. The van der Waals surface area contributed by atoms with Crippen molar-refractivity contribution in [1.29, 1.82) is 0 Å². The number of hydrogen-bond acceptors (Lipinski definition) is 3. The number of benzene rings is 3. The fourth-order valence-corrected chi connectivity index (χ4v) is 2.60. The Kier molecular flexibility index (Phi) is 5.17. The summed E-state index contributed by atoms with van der Waals surface area (Å²) in [7, 11) is 1.39. The molecule has 0 amide bonds. The Morgan fingerprint density at radius 2 is 1.77 bits per heavy atom. The van der Waals surface area contributed by atoms with Crippen molar-refractivity contribution in [2.75, 3.05) is 7.11 Å². The van der Waals surface area contributed by atoms with E-state index in [1.165, 1.54) is 25.3 Å². The summed E-state index contributed by atoms with van der Waals surface area (Å²) in [6, 6.07) is 18.6. The Morgan fingerprint density at radius 1 is 1.00 bits per heavy atom. The number of aromatic carboxylic acids is 1. The molecule has 0 aliphatic rings. The zero-order chi connectivity index (χ0) is 18.5. The summed E-state index contributed by atoms with van der Waals surface area (Å²) in [6.45, 7) is 0.324. The molecule has 0 saturated heterocycles. The van der Waals surface area contributed by atoms with Gasteiger partial charge in [-0.2, -0.15) is 0 Å². The van der Waals surface area contributed by atoms with Crippen LogP contribution >= 0.6 is 0 Å². The molecular weight excluding hydrogens is 335 g/mol. The van der Waals surface area contributed by atoms with Crippen molar-refractivity contribution in [2.45, 2.75) is 6.61 Å². The number of halogens is 1. The minimum Gasteiger partial charge on any atom is -0.496 e. The third-order valence-corrected chi connectivity index (χ3v) is 3.88. The van der Waals surface area contributed by atoms with Crippen LogP contribution in [0.2, 0.25) is 0 Å². The van der Waals surface area contributed by atoms with Gasteiger partial charge in [0.25, 0.3) is 0 Å². The Balaban J connectivity index is 1.89. The normalized spacial score (nSPS) is 10.4. The monoisotopic (exact) mass is 352 g/mol. The van der Waals surface area contributed by atoms with Crippen LogP contribution in [0.25, 0.3) is 11.1 Å². The van der Waals surface area contributed by atoms with Crippen molar-refractivity contribution >= 4 is 5.97 Å². The molecule has 0 aliphatic heterocycles. The molecule has 0 radical (unpaired) electrons. The summed E-state index contributed by atoms with van der Waals surface area (Å²) in [4.78, 5) is 11.2. The van der Waals surface area contributed by atoms with E-state index in [4.69, 9.17) is 14.6 Å². The van der Waals surface area contributed by atoms with Gasteiger partial charge in [-0.3, -0.25) is 0 Å². The van der Waals surface area contributed by atoms with Crippen molar-refractivity contribution in [2.24, 2.45) is 0 Å². The highest BCUT2D eigenvalue weighted by Gasteiger charge is 2.13. The van der Waals surface area contributed by atoms with Gasteiger partial charge in [-0.05, 0) is 41.0 Å². The van der Waals surface area contributed by atoms with Crippen LogP contribution in [-0.2, 0) is 6.61 Å². The van der Waals surface area contributed by atoms with Crippen LogP contribution in [-0.4, -0.2) is 18.2 Å². The van der Waals surface area contributed by atoms with Gasteiger partial charge in [0, 0.05) is 6.07 Å². The zero-order valence-electron chi connectivity index (χ0n) is 14.1. The predicted molar refractivity (Wildman–Crippen MR) is 96.1 cm³/mol. The molecule has 0 atom stereocenters. The summed E-state index contributed by atoms with van der Waals surface area (Å²) >= 11 is 0. The summed E-state index contributed by atoms with van der Waals surface area (Å²) in [5.74, 6) is -0.914. The van der Waals surface area contributed by atoms with Gasteiger partial charge >= 0.3 is 5.97 Å². The van der Waals surface area contributed by atoms with Crippen LogP contribution in [0.1, 0.15) is 15.9 Å². The molecule has 0 aromatic heterocycles. The van der Waals surface area contributed by atoms with E-state index in [0.717, 1.165) is 5.56 Å². The Bertz CT molecular complexity index is 923. The van der Waals surface area contributed by atoms with Gasteiger partial charge in [0.05, 0.1) is 7.11 Å². The standard InChI is InChI=1S/C21H17FO4/c1-25-20-11-15(7-8-19(20)21(23)24)16-9-17(22)12-18(10-16)26-13-14-5-3-2-4-6-14/h2-12H,13H2,1H3,(H,23,24). The molecule has 0 saturated carbocycles. The van der Waals surface area contributed by atoms with Gasteiger partial charge in [0.2, 0.25) is 0 Å². The van der Waals surface area contributed by atoms with Crippen molar-refractivity contribution in [3.05, 3.63) is 83.7 Å². The number of carbonyl (C=O) groups is 1. The summed E-state index contributed by atoms with van der Waals surface area (Å²) < 4.78 is 24.8. The largest absolute Gasteiger partial charge is 0.496 e. The highest BCUT2D eigenvalue weighted by Crippen LogP contribution is 2.30. The van der Waals surface area contributed by atoms with Crippen LogP contribution < -0.4 is 9.47 Å². The third-order valence-electron chi connectivity index (χ3n) is 3.88. The maximum absolute atomic E-state index is 14.0. The van der Waals surface area contributed by atoms with E-state index in [2.05, 4.69) is 0 Å². The van der Waals surface area contributed by atoms with Crippen molar-refractivity contribution in [3.63, 3.8) is 0 Å². The highest BCUT2D eigenvalue weighted by molar-refractivity contribution is 5.92. The van der Waals surface area contributed by atoms with Crippen LogP contribution in [0.5, 0.6) is 11.5 Å². The topological polar surface area (TPSA) is 55.8 Å². The molecule has 0 heterocycles. The van der Waals surface area contributed by atoms with E-state index in [1.807, 2.05) is 30.3 Å². The fraction of sp³-hybridized carbons (Fsp3) is 0.0952. The van der Waals surface area contributed by atoms with Gasteiger partial charge in [0.1, 0.15) is 29.5 Å². The van der Waals surface area contributed by atoms with E-state index in [9.17, 15) is 9.18 Å². The van der Waals surface area contributed by atoms with Gasteiger partial charge in [-0.1, -0.05) is 36.4 Å². The summed E-state index contributed by atoms with van der Waals surface area (Å²) in [5, 5.41) is 9.16. The van der Waals surface area contributed by atoms with E-state index in [-0.39, 0.29) is 11.3 Å². The average Bonchev–Trinajstić information content (AvgIpc) is 2.66. The lowest BCUT2D eigenvalue weighted by Gasteiger charge is -2.11. The number of carboxylic acids is 1. The van der Waals surface area contributed by atoms with Crippen LogP contribution in [0.3, 0.4) is 0 Å². The summed E-state index contributed by atoms with van der Waals surface area (Å²) in [5.41, 5.74) is 2.23. The molecule has 3 aromatic carbocycles. The van der Waals surface area contributed by atoms with Crippen molar-refractivity contribution < 1.29 is 23.8 Å². The first-order valence-corrected chi connectivity index (χ1v) is 7.96. The average molecular weight is 352 g/mol. The van der Waals surface area contributed by atoms with E-state index in [1.54, 1.807) is 18.2 Å². The number of carboxylic acid groups (broad SMARTS) is 1. The van der Waals surface area contributed by atoms with Gasteiger partial charge < -0.3 is 14.6 Å². The summed E-state index contributed by atoms with van der Waals surface area (Å²) in [6.07, 6.45) is 0. The maximum atomic E-state index is 14.0.